The number of nitrogens with zero attached hydrogens (tertiary/aromatic N) is 2. The molecule has 2 amide bonds. The van der Waals surface area contributed by atoms with Crippen LogP contribution in [0.4, 0.5) is 5.95 Å². The highest BCUT2D eigenvalue weighted by atomic mass is 16.5. The van der Waals surface area contributed by atoms with E-state index in [1.165, 1.54) is 0 Å². The number of rotatable bonds is 4. The highest BCUT2D eigenvalue weighted by Gasteiger charge is 2.28. The van der Waals surface area contributed by atoms with Gasteiger partial charge in [-0.05, 0) is 42.8 Å². The molecule has 0 radical (unpaired) electrons. The molecule has 1 saturated heterocycles. The third kappa shape index (κ3) is 2.88. The molecule has 2 aromatic carbocycles. The lowest BCUT2D eigenvalue weighted by molar-refractivity contribution is -0.122. The zero-order chi connectivity index (χ0) is 18.1. The van der Waals surface area contributed by atoms with Gasteiger partial charge < -0.3 is 10.1 Å². The molecule has 3 aromatic rings. The van der Waals surface area contributed by atoms with Crippen molar-refractivity contribution in [2.75, 3.05) is 12.4 Å². The third-order valence-electron chi connectivity index (χ3n) is 4.44. The Bertz CT molecular complexity index is 978. The van der Waals surface area contributed by atoms with Gasteiger partial charge in [0.25, 0.3) is 0 Å². The Hall–Kier alpha value is -3.35. The van der Waals surface area contributed by atoms with Crippen molar-refractivity contribution >= 4 is 28.8 Å². The number of carbonyl (C=O) groups is 2. The molecule has 0 saturated carbocycles. The van der Waals surface area contributed by atoms with Gasteiger partial charge in [-0.2, -0.15) is 0 Å². The van der Waals surface area contributed by atoms with E-state index in [2.05, 4.69) is 15.6 Å². The van der Waals surface area contributed by atoms with Gasteiger partial charge in [0.05, 0.1) is 18.1 Å². The SMILES string of the molecule is COc1ccc(-n2c(NC(=O)C3CCC(=O)N3)nc3ccccc32)cc1. The summed E-state index contributed by atoms with van der Waals surface area (Å²) in [5, 5.41) is 5.53. The lowest BCUT2D eigenvalue weighted by atomic mass is 10.2. The molecular formula is C19H18N4O3. The van der Waals surface area contributed by atoms with Crippen LogP contribution < -0.4 is 15.4 Å². The maximum absolute atomic E-state index is 12.5. The van der Waals surface area contributed by atoms with Crippen molar-refractivity contribution < 1.29 is 14.3 Å². The predicted molar refractivity (Wildman–Crippen MR) is 97.4 cm³/mol. The molecule has 1 atom stereocenters. The number of nitrogens with one attached hydrogen (secondary N) is 2. The summed E-state index contributed by atoms with van der Waals surface area (Å²) in [6.07, 6.45) is 0.862. The second kappa shape index (κ2) is 6.51. The molecule has 1 fully saturated rings. The van der Waals surface area contributed by atoms with E-state index in [1.807, 2.05) is 53.1 Å². The molecule has 1 unspecified atom stereocenters. The first-order chi connectivity index (χ1) is 12.7. The van der Waals surface area contributed by atoms with Gasteiger partial charge in [-0.25, -0.2) is 4.98 Å². The molecule has 4 rings (SSSR count). The highest BCUT2D eigenvalue weighted by molar-refractivity contribution is 5.99. The average molecular weight is 350 g/mol. The van der Waals surface area contributed by atoms with Crippen LogP contribution in [0, 0.1) is 0 Å². The number of ether oxygens (including phenoxy) is 1. The molecule has 1 aliphatic heterocycles. The first-order valence-electron chi connectivity index (χ1n) is 8.38. The van der Waals surface area contributed by atoms with Gasteiger partial charge in [-0.15, -0.1) is 0 Å². The predicted octanol–water partition coefficient (Wildman–Crippen LogP) is 2.25. The molecule has 1 aromatic heterocycles. The number of imidazole rings is 1. The number of methoxy groups -OCH3 is 1. The van der Waals surface area contributed by atoms with E-state index in [0.29, 0.717) is 18.8 Å². The number of benzene rings is 2. The van der Waals surface area contributed by atoms with Crippen LogP contribution in [0.3, 0.4) is 0 Å². The van der Waals surface area contributed by atoms with Crippen molar-refractivity contribution in [2.24, 2.45) is 0 Å². The number of anilines is 1. The second-order valence-corrected chi connectivity index (χ2v) is 6.11. The van der Waals surface area contributed by atoms with Crippen molar-refractivity contribution in [3.05, 3.63) is 48.5 Å². The van der Waals surface area contributed by atoms with E-state index < -0.39 is 6.04 Å². The van der Waals surface area contributed by atoms with Gasteiger partial charge in [0.15, 0.2) is 0 Å². The molecule has 2 heterocycles. The molecule has 7 nitrogen and oxygen atoms in total. The van der Waals surface area contributed by atoms with Crippen LogP contribution in [0.2, 0.25) is 0 Å². The molecule has 0 aliphatic carbocycles. The normalized spacial score (nSPS) is 16.5. The number of carbonyl (C=O) groups excluding carboxylic acids is 2. The molecule has 7 heteroatoms. The van der Waals surface area contributed by atoms with E-state index in [-0.39, 0.29) is 11.8 Å². The second-order valence-electron chi connectivity index (χ2n) is 6.11. The quantitative estimate of drug-likeness (QED) is 0.756. The van der Waals surface area contributed by atoms with Gasteiger partial charge in [-0.3, -0.25) is 19.5 Å². The minimum absolute atomic E-state index is 0.103. The lowest BCUT2D eigenvalue weighted by Crippen LogP contribution is -2.37. The number of para-hydroxylation sites is 2. The first kappa shape index (κ1) is 16.1. The first-order valence-corrected chi connectivity index (χ1v) is 8.38. The van der Waals surface area contributed by atoms with Gasteiger partial charge in [0, 0.05) is 12.1 Å². The van der Waals surface area contributed by atoms with Crippen molar-refractivity contribution in [3.8, 4) is 11.4 Å². The molecule has 26 heavy (non-hydrogen) atoms. The van der Waals surface area contributed by atoms with Crippen LogP contribution in [-0.4, -0.2) is 34.5 Å². The topological polar surface area (TPSA) is 85.2 Å². The van der Waals surface area contributed by atoms with Crippen LogP contribution in [0.15, 0.2) is 48.5 Å². The summed E-state index contributed by atoms with van der Waals surface area (Å²) in [5.41, 5.74) is 2.50. The fourth-order valence-corrected chi connectivity index (χ4v) is 3.11. The van der Waals surface area contributed by atoms with E-state index in [0.717, 1.165) is 22.5 Å². The average Bonchev–Trinajstić information content (AvgIpc) is 3.25. The van der Waals surface area contributed by atoms with Crippen LogP contribution in [0.1, 0.15) is 12.8 Å². The van der Waals surface area contributed by atoms with Crippen LogP contribution in [0.25, 0.3) is 16.7 Å². The third-order valence-corrected chi connectivity index (χ3v) is 4.44. The maximum atomic E-state index is 12.5. The molecule has 2 N–H and O–H groups in total. The minimum Gasteiger partial charge on any atom is -0.497 e. The Morgan fingerprint density at radius 2 is 2.00 bits per heavy atom. The Labute approximate surface area is 150 Å². The number of aromatic nitrogens is 2. The largest absolute Gasteiger partial charge is 0.497 e. The van der Waals surface area contributed by atoms with Crippen molar-refractivity contribution in [1.29, 1.82) is 0 Å². The Morgan fingerprint density at radius 3 is 2.69 bits per heavy atom. The Morgan fingerprint density at radius 1 is 1.23 bits per heavy atom. The van der Waals surface area contributed by atoms with Gasteiger partial charge in [0.2, 0.25) is 17.8 Å². The van der Waals surface area contributed by atoms with Crippen molar-refractivity contribution in [1.82, 2.24) is 14.9 Å². The smallest absolute Gasteiger partial charge is 0.249 e. The fourth-order valence-electron chi connectivity index (χ4n) is 3.11. The van der Waals surface area contributed by atoms with Crippen molar-refractivity contribution in [2.45, 2.75) is 18.9 Å². The molecule has 132 valence electrons. The van der Waals surface area contributed by atoms with Crippen LogP contribution >= 0.6 is 0 Å². The number of hydrogen-bond acceptors (Lipinski definition) is 4. The van der Waals surface area contributed by atoms with E-state index in [9.17, 15) is 9.59 Å². The number of amides is 2. The lowest BCUT2D eigenvalue weighted by Gasteiger charge is -2.13. The summed E-state index contributed by atoms with van der Waals surface area (Å²) in [6.45, 7) is 0. The van der Waals surface area contributed by atoms with Gasteiger partial charge in [0.1, 0.15) is 11.8 Å². The summed E-state index contributed by atoms with van der Waals surface area (Å²) in [4.78, 5) is 28.4. The van der Waals surface area contributed by atoms with E-state index in [4.69, 9.17) is 4.74 Å². The summed E-state index contributed by atoms with van der Waals surface area (Å²) in [7, 11) is 1.61. The summed E-state index contributed by atoms with van der Waals surface area (Å²) in [6, 6.07) is 14.6. The Balaban J connectivity index is 1.73. The van der Waals surface area contributed by atoms with Crippen molar-refractivity contribution in [3.63, 3.8) is 0 Å². The summed E-state index contributed by atoms with van der Waals surface area (Å²) < 4.78 is 7.09. The monoisotopic (exact) mass is 350 g/mol. The zero-order valence-corrected chi connectivity index (χ0v) is 14.2. The van der Waals surface area contributed by atoms with Crippen LogP contribution in [-0.2, 0) is 9.59 Å². The fraction of sp³-hybridized carbons (Fsp3) is 0.211. The van der Waals surface area contributed by atoms with Gasteiger partial charge >= 0.3 is 0 Å². The minimum atomic E-state index is -0.522. The zero-order valence-electron chi connectivity index (χ0n) is 14.2. The van der Waals surface area contributed by atoms with E-state index in [1.54, 1.807) is 7.11 Å². The van der Waals surface area contributed by atoms with Crippen LogP contribution in [0.5, 0.6) is 5.75 Å². The van der Waals surface area contributed by atoms with Gasteiger partial charge in [-0.1, -0.05) is 12.1 Å². The number of hydrogen-bond donors (Lipinski definition) is 2. The summed E-state index contributed by atoms with van der Waals surface area (Å²) >= 11 is 0. The molecule has 1 aliphatic rings. The molecule has 0 bridgehead atoms. The molecule has 0 spiro atoms. The molecular weight excluding hydrogens is 332 g/mol. The summed E-state index contributed by atoms with van der Waals surface area (Å²) in [5.74, 6) is 0.801. The Kier molecular flexibility index (Phi) is 4.04. The maximum Gasteiger partial charge on any atom is 0.249 e. The van der Waals surface area contributed by atoms with E-state index >= 15 is 0 Å². The number of fused-ring (bicyclic) bond motifs is 1. The standard InChI is InChI=1S/C19H18N4O3/c1-26-13-8-6-12(7-9-13)23-16-5-3-2-4-14(16)21-19(23)22-18(25)15-10-11-17(24)20-15/h2-9,15H,10-11H2,1H3,(H,20,24)(H,21,22,25). The highest BCUT2D eigenvalue weighted by Crippen LogP contribution is 2.26.